The largest absolute Gasteiger partial charge is 0.316 e. The van der Waals surface area contributed by atoms with E-state index in [1.807, 2.05) is 12.4 Å². The quantitative estimate of drug-likeness (QED) is 0.653. The van der Waals surface area contributed by atoms with Crippen molar-refractivity contribution in [3.63, 3.8) is 0 Å². The first-order valence-corrected chi connectivity index (χ1v) is 8.84. The Morgan fingerprint density at radius 2 is 2.00 bits per heavy atom. The van der Waals surface area contributed by atoms with Gasteiger partial charge in [-0.1, -0.05) is 41.1 Å². The average molecular weight is 412 g/mol. The lowest BCUT2D eigenvalue weighted by atomic mass is 9.92. The first-order chi connectivity index (χ1) is 10.2. The fraction of sp³-hybridized carbons (Fsp3) is 0.353. The maximum atomic E-state index is 4.27. The van der Waals surface area contributed by atoms with Crippen LogP contribution in [0.15, 0.2) is 51.7 Å². The number of rotatable bonds is 7. The number of hydrogen-bond donors (Lipinski definition) is 1. The molecule has 1 atom stereocenters. The normalized spacial score (nSPS) is 12.3. The minimum atomic E-state index is 0.434. The second-order valence-corrected chi connectivity index (χ2v) is 6.91. The predicted molar refractivity (Wildman–Crippen MR) is 95.7 cm³/mol. The van der Waals surface area contributed by atoms with Crippen LogP contribution in [0.3, 0.4) is 0 Å². The van der Waals surface area contributed by atoms with Crippen molar-refractivity contribution in [3.05, 3.63) is 62.8 Å². The maximum absolute atomic E-state index is 4.27. The highest BCUT2D eigenvalue weighted by Gasteiger charge is 2.15. The summed E-state index contributed by atoms with van der Waals surface area (Å²) in [5.74, 6) is 0.434. The summed E-state index contributed by atoms with van der Waals surface area (Å²) in [6, 6.07) is 10.6. The molecule has 2 rings (SSSR count). The number of benzene rings is 1. The topological polar surface area (TPSA) is 24.9 Å². The minimum absolute atomic E-state index is 0.434. The zero-order chi connectivity index (χ0) is 15.1. The third-order valence-electron chi connectivity index (χ3n) is 3.41. The van der Waals surface area contributed by atoms with Crippen LogP contribution in [-0.2, 0) is 6.42 Å². The Balaban J connectivity index is 2.17. The van der Waals surface area contributed by atoms with Crippen molar-refractivity contribution >= 4 is 31.9 Å². The molecule has 1 aromatic carbocycles. The van der Waals surface area contributed by atoms with Crippen molar-refractivity contribution in [3.8, 4) is 0 Å². The lowest BCUT2D eigenvalue weighted by Crippen LogP contribution is -2.24. The summed E-state index contributed by atoms with van der Waals surface area (Å²) in [5, 5.41) is 3.54. The molecule has 112 valence electrons. The van der Waals surface area contributed by atoms with Gasteiger partial charge in [0.1, 0.15) is 0 Å². The lowest BCUT2D eigenvalue weighted by Gasteiger charge is -2.19. The van der Waals surface area contributed by atoms with E-state index < -0.39 is 0 Å². The van der Waals surface area contributed by atoms with Gasteiger partial charge >= 0.3 is 0 Å². The van der Waals surface area contributed by atoms with E-state index in [9.17, 15) is 0 Å². The van der Waals surface area contributed by atoms with Crippen LogP contribution in [0, 0.1) is 0 Å². The van der Waals surface area contributed by atoms with Gasteiger partial charge in [0.15, 0.2) is 0 Å². The molecule has 4 heteroatoms. The molecular formula is C17H20Br2N2. The Morgan fingerprint density at radius 3 is 2.71 bits per heavy atom. The van der Waals surface area contributed by atoms with Gasteiger partial charge in [0.2, 0.25) is 0 Å². The van der Waals surface area contributed by atoms with E-state index in [4.69, 9.17) is 0 Å². The Hall–Kier alpha value is -0.710. The number of pyridine rings is 1. The molecule has 21 heavy (non-hydrogen) atoms. The summed E-state index contributed by atoms with van der Waals surface area (Å²) < 4.78 is 2.21. The van der Waals surface area contributed by atoms with Crippen LogP contribution in [-0.4, -0.2) is 18.1 Å². The van der Waals surface area contributed by atoms with Gasteiger partial charge in [0.05, 0.1) is 0 Å². The molecule has 0 radical (unpaired) electrons. The standard InChI is InChI=1S/C17H20Br2N2/c1-2-7-20-11-14(16-5-3-4-6-17(16)19)8-13-9-15(18)12-21-10-13/h3-6,9-10,12,14,20H,2,7-8,11H2,1H3. The highest BCUT2D eigenvalue weighted by Crippen LogP contribution is 2.28. The van der Waals surface area contributed by atoms with Gasteiger partial charge in [-0.3, -0.25) is 4.98 Å². The van der Waals surface area contributed by atoms with E-state index in [-0.39, 0.29) is 0 Å². The van der Waals surface area contributed by atoms with Crippen LogP contribution < -0.4 is 5.32 Å². The summed E-state index contributed by atoms with van der Waals surface area (Å²) in [6.07, 6.45) is 5.91. The highest BCUT2D eigenvalue weighted by molar-refractivity contribution is 9.10. The molecule has 1 unspecified atom stereocenters. The predicted octanol–water partition coefficient (Wildman–Crippen LogP) is 4.93. The van der Waals surface area contributed by atoms with E-state index in [1.54, 1.807) is 0 Å². The van der Waals surface area contributed by atoms with Gasteiger partial charge in [-0.05, 0) is 58.6 Å². The zero-order valence-electron chi connectivity index (χ0n) is 12.2. The summed E-state index contributed by atoms with van der Waals surface area (Å²) in [4.78, 5) is 4.27. The Bertz CT molecular complexity index is 572. The number of hydrogen-bond acceptors (Lipinski definition) is 2. The van der Waals surface area contributed by atoms with Crippen molar-refractivity contribution in [1.29, 1.82) is 0 Å². The molecule has 1 heterocycles. The van der Waals surface area contributed by atoms with Crippen LogP contribution in [0.4, 0.5) is 0 Å². The summed E-state index contributed by atoms with van der Waals surface area (Å²) in [6.45, 7) is 4.22. The number of halogens is 2. The zero-order valence-corrected chi connectivity index (χ0v) is 15.3. The van der Waals surface area contributed by atoms with Crippen LogP contribution in [0.5, 0.6) is 0 Å². The first-order valence-electron chi connectivity index (χ1n) is 7.25. The summed E-state index contributed by atoms with van der Waals surface area (Å²) >= 11 is 7.18. The van der Waals surface area contributed by atoms with Crippen LogP contribution >= 0.6 is 31.9 Å². The molecule has 2 aromatic rings. The molecule has 1 N–H and O–H groups in total. The van der Waals surface area contributed by atoms with Crippen LogP contribution in [0.2, 0.25) is 0 Å². The molecule has 0 aliphatic heterocycles. The molecule has 0 aliphatic carbocycles. The Morgan fingerprint density at radius 1 is 1.19 bits per heavy atom. The van der Waals surface area contributed by atoms with Crippen molar-refractivity contribution in [1.82, 2.24) is 10.3 Å². The lowest BCUT2D eigenvalue weighted by molar-refractivity contribution is 0.574. The smallest absolute Gasteiger partial charge is 0.0410 e. The van der Waals surface area contributed by atoms with E-state index in [2.05, 4.69) is 79.4 Å². The minimum Gasteiger partial charge on any atom is -0.316 e. The molecular weight excluding hydrogens is 392 g/mol. The Labute approximate surface area is 143 Å². The van der Waals surface area contributed by atoms with Crippen LogP contribution in [0.25, 0.3) is 0 Å². The van der Waals surface area contributed by atoms with Crippen molar-refractivity contribution in [2.24, 2.45) is 0 Å². The maximum Gasteiger partial charge on any atom is 0.0410 e. The third kappa shape index (κ3) is 5.20. The molecule has 0 aliphatic rings. The van der Waals surface area contributed by atoms with Gasteiger partial charge in [0, 0.05) is 33.8 Å². The summed E-state index contributed by atoms with van der Waals surface area (Å²) in [7, 11) is 0. The van der Waals surface area contributed by atoms with E-state index >= 15 is 0 Å². The summed E-state index contributed by atoms with van der Waals surface area (Å²) in [5.41, 5.74) is 2.60. The average Bonchev–Trinajstić information content (AvgIpc) is 2.47. The highest BCUT2D eigenvalue weighted by atomic mass is 79.9. The number of nitrogens with one attached hydrogen (secondary N) is 1. The van der Waals surface area contributed by atoms with Crippen molar-refractivity contribution in [2.75, 3.05) is 13.1 Å². The van der Waals surface area contributed by atoms with Gasteiger partial charge in [-0.2, -0.15) is 0 Å². The SMILES string of the molecule is CCCNCC(Cc1cncc(Br)c1)c1ccccc1Br. The van der Waals surface area contributed by atoms with Gasteiger partial charge in [-0.25, -0.2) is 0 Å². The van der Waals surface area contributed by atoms with Crippen LogP contribution in [0.1, 0.15) is 30.4 Å². The second kappa shape index (κ2) is 8.66. The molecule has 0 saturated carbocycles. The van der Waals surface area contributed by atoms with E-state index in [0.29, 0.717) is 5.92 Å². The number of aromatic nitrogens is 1. The molecule has 0 bridgehead atoms. The third-order valence-corrected chi connectivity index (χ3v) is 4.56. The van der Waals surface area contributed by atoms with E-state index in [0.717, 1.165) is 30.4 Å². The molecule has 0 saturated heterocycles. The Kier molecular flexibility index (Phi) is 6.87. The molecule has 0 fully saturated rings. The van der Waals surface area contributed by atoms with Gasteiger partial charge in [0.25, 0.3) is 0 Å². The fourth-order valence-electron chi connectivity index (χ4n) is 2.40. The van der Waals surface area contributed by atoms with Crippen molar-refractivity contribution < 1.29 is 0 Å². The van der Waals surface area contributed by atoms with Gasteiger partial charge < -0.3 is 5.32 Å². The fourth-order valence-corrected chi connectivity index (χ4v) is 3.42. The molecule has 0 spiro atoms. The molecule has 0 amide bonds. The second-order valence-electron chi connectivity index (χ2n) is 5.14. The van der Waals surface area contributed by atoms with Crippen molar-refractivity contribution in [2.45, 2.75) is 25.7 Å². The first kappa shape index (κ1) is 16.7. The monoisotopic (exact) mass is 410 g/mol. The number of nitrogens with zero attached hydrogens (tertiary/aromatic N) is 1. The van der Waals surface area contributed by atoms with Gasteiger partial charge in [-0.15, -0.1) is 0 Å². The van der Waals surface area contributed by atoms with E-state index in [1.165, 1.54) is 15.6 Å². The molecule has 1 aromatic heterocycles. The molecule has 2 nitrogen and oxygen atoms in total.